The average molecular weight is 706 g/mol. The Bertz CT molecular complexity index is 1790. The number of carbonyl (C=O) groups excluding carboxylic acids is 2. The van der Waals surface area contributed by atoms with Crippen molar-refractivity contribution in [2.75, 3.05) is 30.9 Å². The normalized spacial score (nSPS) is 25.2. The maximum atomic E-state index is 14.2. The molecule has 0 radical (unpaired) electrons. The third kappa shape index (κ3) is 9.06. The number of amides is 2. The summed E-state index contributed by atoms with van der Waals surface area (Å²) in [5, 5.41) is 0.714. The molecule has 1 saturated carbocycles. The fraction of sp³-hybridized carbons (Fsp3) is 0.459. The van der Waals surface area contributed by atoms with Gasteiger partial charge in [-0.15, -0.1) is 4.36 Å². The Morgan fingerprint density at radius 1 is 1.12 bits per heavy atom. The lowest BCUT2D eigenvalue weighted by molar-refractivity contribution is -0.119. The van der Waals surface area contributed by atoms with Crippen molar-refractivity contribution in [3.05, 3.63) is 94.5 Å². The molecular formula is C37H44ClN5O5S. The number of fused-ring (bicyclic) bond motifs is 3. The van der Waals surface area contributed by atoms with Gasteiger partial charge in [0.15, 0.2) is 0 Å². The van der Waals surface area contributed by atoms with E-state index in [0.29, 0.717) is 60.7 Å². The first-order valence-corrected chi connectivity index (χ1v) is 19.2. The first kappa shape index (κ1) is 35.0. The number of nitrogens with zero attached hydrogens (tertiary/aromatic N) is 4. The molecule has 3 aliphatic rings. The molecule has 2 amide bonds. The van der Waals surface area contributed by atoms with Gasteiger partial charge in [-0.3, -0.25) is 24.3 Å². The minimum absolute atomic E-state index is 0.0309. The van der Waals surface area contributed by atoms with E-state index in [1.807, 2.05) is 12.1 Å². The molecule has 260 valence electrons. The summed E-state index contributed by atoms with van der Waals surface area (Å²) in [7, 11) is -1.69. The molecular weight excluding hydrogens is 662 g/mol. The second kappa shape index (κ2) is 16.3. The van der Waals surface area contributed by atoms with Crippen LogP contribution in [0.5, 0.6) is 5.75 Å². The van der Waals surface area contributed by atoms with Crippen molar-refractivity contribution >= 4 is 39.0 Å². The molecule has 0 spiro atoms. The number of allylic oxidation sites excluding steroid dienone is 1. The number of nitrogens with one attached hydrogen (secondary N) is 1. The van der Waals surface area contributed by atoms with Crippen LogP contribution in [-0.4, -0.2) is 58.1 Å². The van der Waals surface area contributed by atoms with E-state index < -0.39 is 21.7 Å². The SMILES string of the molecule is CO[C@H]1/C=C/CCC[S@@](=O)(NC(=O)CCc2cnccn2)=NC(=O)c2ccc3c(c2)N(Cc2ccc(Cl)cc2CCCCO3)C[C@@H]2CC[C@H]21. The molecule has 12 heteroatoms. The lowest BCUT2D eigenvalue weighted by Gasteiger charge is -2.43. The summed E-state index contributed by atoms with van der Waals surface area (Å²) in [6, 6.07) is 11.4. The molecule has 1 aromatic heterocycles. The maximum Gasteiger partial charge on any atom is 0.286 e. The summed E-state index contributed by atoms with van der Waals surface area (Å²) < 4.78 is 33.4. The van der Waals surface area contributed by atoms with Gasteiger partial charge in [0.1, 0.15) is 15.7 Å². The standard InChI is InChI=1S/C37H44ClN5O5S/c1-47-34-8-3-2-6-20-49(46,41-36(44)16-13-31-23-39-17-18-40-31)42-37(45)27-11-15-35-33(22-27)43(25-29-10-14-32(29)34)24-28-9-12-30(38)21-26(28)7-4-5-19-48-35/h3,8-9,11-12,15,17-18,21-23,29,32,34H,2,4-7,10,13-14,16,19-20,24-25H2,1H3,(H,41,42,44,45,46)/b8-3+/t29-,32+,34-,49+/m0/s1. The fourth-order valence-corrected chi connectivity index (χ4v) is 8.67. The highest BCUT2D eigenvalue weighted by atomic mass is 35.5. The van der Waals surface area contributed by atoms with Crippen molar-refractivity contribution in [2.24, 2.45) is 16.2 Å². The van der Waals surface area contributed by atoms with Crippen LogP contribution in [0.2, 0.25) is 5.02 Å². The van der Waals surface area contributed by atoms with Gasteiger partial charge in [-0.25, -0.2) is 4.21 Å². The quantitative estimate of drug-likeness (QED) is 0.298. The van der Waals surface area contributed by atoms with E-state index in [-0.39, 0.29) is 23.8 Å². The Morgan fingerprint density at radius 3 is 2.82 bits per heavy atom. The molecule has 0 saturated heterocycles. The van der Waals surface area contributed by atoms with Crippen LogP contribution in [0, 0.1) is 11.8 Å². The average Bonchev–Trinajstić information content (AvgIpc) is 3.11. The molecule has 2 aromatic carbocycles. The molecule has 49 heavy (non-hydrogen) atoms. The van der Waals surface area contributed by atoms with E-state index in [9.17, 15) is 13.8 Å². The Hall–Kier alpha value is -3.80. The van der Waals surface area contributed by atoms with Crippen LogP contribution in [0.1, 0.15) is 72.1 Å². The fourth-order valence-electron chi connectivity index (χ4n) is 6.85. The molecule has 1 N–H and O–H groups in total. The number of methoxy groups -OCH3 is 1. The highest BCUT2D eigenvalue weighted by molar-refractivity contribution is 7.92. The number of benzene rings is 2. The van der Waals surface area contributed by atoms with E-state index in [4.69, 9.17) is 21.1 Å². The summed E-state index contributed by atoms with van der Waals surface area (Å²) in [5.41, 5.74) is 4.10. The summed E-state index contributed by atoms with van der Waals surface area (Å²) >= 11 is 6.45. The van der Waals surface area contributed by atoms with Crippen molar-refractivity contribution in [1.29, 1.82) is 0 Å². The molecule has 3 heterocycles. The van der Waals surface area contributed by atoms with E-state index in [1.165, 1.54) is 11.1 Å². The van der Waals surface area contributed by atoms with E-state index in [0.717, 1.165) is 44.3 Å². The van der Waals surface area contributed by atoms with E-state index in [1.54, 1.807) is 37.8 Å². The summed E-state index contributed by atoms with van der Waals surface area (Å²) in [4.78, 5) is 37.4. The van der Waals surface area contributed by atoms with Crippen LogP contribution in [-0.2, 0) is 38.8 Å². The molecule has 6 rings (SSSR count). The van der Waals surface area contributed by atoms with Crippen LogP contribution >= 0.6 is 11.6 Å². The highest BCUT2D eigenvalue weighted by Gasteiger charge is 2.38. The first-order chi connectivity index (χ1) is 23.8. The number of hydrogen-bond acceptors (Lipinski definition) is 8. The first-order valence-electron chi connectivity index (χ1n) is 17.1. The minimum Gasteiger partial charge on any atom is -0.491 e. The number of halogens is 1. The van der Waals surface area contributed by atoms with Gasteiger partial charge in [0, 0.05) is 55.8 Å². The van der Waals surface area contributed by atoms with Gasteiger partial charge in [0.2, 0.25) is 5.91 Å². The van der Waals surface area contributed by atoms with Gasteiger partial charge in [0.25, 0.3) is 5.91 Å². The monoisotopic (exact) mass is 705 g/mol. The third-order valence-corrected chi connectivity index (χ3v) is 11.7. The predicted octanol–water partition coefficient (Wildman–Crippen LogP) is 6.52. The smallest absolute Gasteiger partial charge is 0.286 e. The van der Waals surface area contributed by atoms with Gasteiger partial charge in [-0.1, -0.05) is 29.8 Å². The molecule has 10 nitrogen and oxygen atoms in total. The molecule has 1 fully saturated rings. The van der Waals surface area contributed by atoms with E-state index in [2.05, 4.69) is 48.2 Å². The molecule has 4 atom stereocenters. The molecule has 1 aliphatic carbocycles. The lowest BCUT2D eigenvalue weighted by Crippen LogP contribution is -2.43. The van der Waals surface area contributed by atoms with Gasteiger partial charge in [0.05, 0.1) is 29.8 Å². The Balaban J connectivity index is 1.38. The predicted molar refractivity (Wildman–Crippen MR) is 191 cm³/mol. The molecule has 0 unspecified atom stereocenters. The van der Waals surface area contributed by atoms with Crippen LogP contribution in [0.25, 0.3) is 0 Å². The van der Waals surface area contributed by atoms with Crippen LogP contribution in [0.3, 0.4) is 0 Å². The third-order valence-electron chi connectivity index (χ3n) is 9.65. The Morgan fingerprint density at radius 2 is 2.02 bits per heavy atom. The summed E-state index contributed by atoms with van der Waals surface area (Å²) in [5.74, 6) is 0.310. The number of anilines is 1. The number of carbonyl (C=O) groups is 2. The zero-order valence-electron chi connectivity index (χ0n) is 27.9. The zero-order valence-corrected chi connectivity index (χ0v) is 29.5. The minimum atomic E-state index is -3.44. The molecule has 3 aromatic rings. The van der Waals surface area contributed by atoms with Crippen molar-refractivity contribution in [3.8, 4) is 5.75 Å². The largest absolute Gasteiger partial charge is 0.491 e. The van der Waals surface area contributed by atoms with Crippen molar-refractivity contribution in [3.63, 3.8) is 0 Å². The van der Waals surface area contributed by atoms with Crippen molar-refractivity contribution < 1.29 is 23.3 Å². The van der Waals surface area contributed by atoms with Crippen LogP contribution < -0.4 is 14.4 Å². The molecule has 2 bridgehead atoms. The number of rotatable bonds is 5. The topological polar surface area (TPSA) is 123 Å². The second-order valence-electron chi connectivity index (χ2n) is 13.0. The summed E-state index contributed by atoms with van der Waals surface area (Å²) in [6.07, 6.45) is 15.1. The van der Waals surface area contributed by atoms with Crippen molar-refractivity contribution in [1.82, 2.24) is 14.7 Å². The summed E-state index contributed by atoms with van der Waals surface area (Å²) in [6.45, 7) is 1.88. The van der Waals surface area contributed by atoms with Gasteiger partial charge in [-0.2, -0.15) is 0 Å². The maximum absolute atomic E-state index is 14.2. The number of ether oxygens (including phenoxy) is 2. The second-order valence-corrected chi connectivity index (χ2v) is 15.5. The van der Waals surface area contributed by atoms with Gasteiger partial charge < -0.3 is 14.4 Å². The Labute approximate surface area is 294 Å². The number of aromatic nitrogens is 2. The van der Waals surface area contributed by atoms with Gasteiger partial charge in [-0.05, 0) is 105 Å². The highest BCUT2D eigenvalue weighted by Crippen LogP contribution is 2.42. The van der Waals surface area contributed by atoms with Crippen LogP contribution in [0.15, 0.2) is 71.5 Å². The Kier molecular flexibility index (Phi) is 11.6. The number of hydrogen-bond donors (Lipinski definition) is 1. The lowest BCUT2D eigenvalue weighted by atomic mass is 9.70. The van der Waals surface area contributed by atoms with Gasteiger partial charge >= 0.3 is 0 Å². The number of aryl methyl sites for hydroxylation is 2. The van der Waals surface area contributed by atoms with Crippen LogP contribution in [0.4, 0.5) is 5.69 Å². The molecule has 2 aliphatic heterocycles. The van der Waals surface area contributed by atoms with E-state index >= 15 is 0 Å². The van der Waals surface area contributed by atoms with Crippen molar-refractivity contribution in [2.45, 2.75) is 70.4 Å². The zero-order chi connectivity index (χ0) is 34.2.